The molecule has 7 heteroatoms. The van der Waals surface area contributed by atoms with Gasteiger partial charge in [0.05, 0.1) is 0 Å². The highest BCUT2D eigenvalue weighted by Crippen LogP contribution is 2.15. The van der Waals surface area contributed by atoms with Gasteiger partial charge in [-0.2, -0.15) is 12.6 Å². The average molecular weight is 281 g/mol. The van der Waals surface area contributed by atoms with Crippen LogP contribution in [0.5, 0.6) is 0 Å². The molecule has 0 fully saturated rings. The van der Waals surface area contributed by atoms with Gasteiger partial charge in [-0.05, 0) is 17.7 Å². The van der Waals surface area contributed by atoms with Gasteiger partial charge in [0.25, 0.3) is 0 Å². The van der Waals surface area contributed by atoms with E-state index in [-0.39, 0.29) is 22.7 Å². The van der Waals surface area contributed by atoms with Gasteiger partial charge in [-0.3, -0.25) is 4.79 Å². The Morgan fingerprint density at radius 2 is 2.06 bits per heavy atom. The summed E-state index contributed by atoms with van der Waals surface area (Å²) in [5.74, 6) is -0.282. The van der Waals surface area contributed by atoms with E-state index < -0.39 is 12.0 Å². The van der Waals surface area contributed by atoms with Gasteiger partial charge in [-0.1, -0.05) is 23.2 Å². The quantitative estimate of drug-likeness (QED) is 0.501. The van der Waals surface area contributed by atoms with E-state index in [1.54, 1.807) is 12.1 Å². The van der Waals surface area contributed by atoms with E-state index in [1.165, 1.54) is 0 Å². The van der Waals surface area contributed by atoms with E-state index in [2.05, 4.69) is 17.6 Å². The van der Waals surface area contributed by atoms with Crippen molar-refractivity contribution >= 4 is 41.8 Å². The second kappa shape index (κ2) is 6.30. The summed E-state index contributed by atoms with van der Waals surface area (Å²) in [5, 5.41) is 0.495. The van der Waals surface area contributed by atoms with Crippen LogP contribution in [0.3, 0.4) is 0 Å². The number of pyridine rings is 1. The van der Waals surface area contributed by atoms with E-state index in [4.69, 9.17) is 33.7 Å². The van der Waals surface area contributed by atoms with Gasteiger partial charge in [0.1, 0.15) is 23.0 Å². The minimum Gasteiger partial charge on any atom is -0.460 e. The maximum absolute atomic E-state index is 11.2. The Morgan fingerprint density at radius 3 is 2.56 bits per heavy atom. The Kier molecular flexibility index (Phi) is 5.34. The third kappa shape index (κ3) is 4.17. The minimum absolute atomic E-state index is 0.0578. The summed E-state index contributed by atoms with van der Waals surface area (Å²) in [7, 11) is 0. The molecule has 0 radical (unpaired) electrons. The fourth-order valence-corrected chi connectivity index (χ4v) is 1.59. The number of nitrogens with two attached hydrogens (primary N) is 1. The molecule has 2 N–H and O–H groups in total. The molecule has 0 aliphatic heterocycles. The molecule has 0 saturated heterocycles. The molecule has 4 nitrogen and oxygen atoms in total. The molecular weight excluding hydrogens is 271 g/mol. The van der Waals surface area contributed by atoms with Crippen LogP contribution >= 0.6 is 35.8 Å². The Bertz CT molecular complexity index is 370. The summed E-state index contributed by atoms with van der Waals surface area (Å²) in [6.07, 6.45) is 0. The van der Waals surface area contributed by atoms with E-state index in [0.29, 0.717) is 5.56 Å². The summed E-state index contributed by atoms with van der Waals surface area (Å²) in [6, 6.07) is 2.40. The van der Waals surface area contributed by atoms with E-state index in [9.17, 15) is 4.79 Å². The first-order valence-corrected chi connectivity index (χ1v) is 5.77. The average Bonchev–Trinajstić information content (AvgIpc) is 2.23. The Morgan fingerprint density at radius 1 is 1.50 bits per heavy atom. The Hall–Kier alpha value is -0.490. The van der Waals surface area contributed by atoms with Crippen molar-refractivity contribution in [2.75, 3.05) is 5.75 Å². The van der Waals surface area contributed by atoms with Crippen LogP contribution in [0.25, 0.3) is 0 Å². The van der Waals surface area contributed by atoms with Crippen LogP contribution in [0.15, 0.2) is 12.1 Å². The summed E-state index contributed by atoms with van der Waals surface area (Å²) in [6.45, 7) is 0.0578. The van der Waals surface area contributed by atoms with E-state index >= 15 is 0 Å². The number of aromatic nitrogens is 1. The van der Waals surface area contributed by atoms with Crippen LogP contribution in [-0.2, 0) is 16.1 Å². The van der Waals surface area contributed by atoms with Gasteiger partial charge in [-0.25, -0.2) is 4.98 Å². The Labute approximate surface area is 108 Å². The lowest BCUT2D eigenvalue weighted by molar-refractivity contribution is -0.145. The highest BCUT2D eigenvalue weighted by atomic mass is 35.5. The van der Waals surface area contributed by atoms with Crippen LogP contribution in [0.1, 0.15) is 5.56 Å². The van der Waals surface area contributed by atoms with E-state index in [1.807, 2.05) is 0 Å². The fraction of sp³-hybridized carbons (Fsp3) is 0.333. The second-order valence-electron chi connectivity index (χ2n) is 3.02. The van der Waals surface area contributed by atoms with Crippen molar-refractivity contribution in [3.63, 3.8) is 0 Å². The molecule has 0 unspecified atom stereocenters. The predicted molar refractivity (Wildman–Crippen MR) is 65.9 cm³/mol. The van der Waals surface area contributed by atoms with Crippen molar-refractivity contribution in [1.82, 2.24) is 4.98 Å². The summed E-state index contributed by atoms with van der Waals surface area (Å²) >= 11 is 15.3. The minimum atomic E-state index is -0.726. The van der Waals surface area contributed by atoms with Gasteiger partial charge in [0.2, 0.25) is 0 Å². The first kappa shape index (κ1) is 13.6. The van der Waals surface area contributed by atoms with Crippen molar-refractivity contribution in [2.24, 2.45) is 5.73 Å². The highest BCUT2D eigenvalue weighted by Gasteiger charge is 2.13. The first-order chi connectivity index (χ1) is 7.52. The van der Waals surface area contributed by atoms with Crippen molar-refractivity contribution in [2.45, 2.75) is 12.6 Å². The van der Waals surface area contributed by atoms with Gasteiger partial charge >= 0.3 is 5.97 Å². The molecule has 0 spiro atoms. The van der Waals surface area contributed by atoms with Crippen molar-refractivity contribution in [3.8, 4) is 0 Å². The number of carbonyl (C=O) groups excluding carboxylic acids is 1. The number of thiol groups is 1. The molecule has 0 aliphatic rings. The maximum Gasteiger partial charge on any atom is 0.324 e. The molecule has 88 valence electrons. The molecule has 0 saturated carbocycles. The number of nitrogens with zero attached hydrogens (tertiary/aromatic N) is 1. The lowest BCUT2D eigenvalue weighted by Crippen LogP contribution is -2.33. The lowest BCUT2D eigenvalue weighted by Gasteiger charge is -2.09. The summed E-state index contributed by atoms with van der Waals surface area (Å²) in [4.78, 5) is 15.0. The van der Waals surface area contributed by atoms with Crippen LogP contribution in [0, 0.1) is 0 Å². The van der Waals surface area contributed by atoms with Crippen molar-refractivity contribution in [3.05, 3.63) is 28.0 Å². The lowest BCUT2D eigenvalue weighted by atomic mass is 10.3. The van der Waals surface area contributed by atoms with Crippen molar-refractivity contribution in [1.29, 1.82) is 0 Å². The SMILES string of the molecule is N[C@H](CS)C(=O)OCc1cc(Cl)nc(Cl)c1. The van der Waals surface area contributed by atoms with Crippen LogP contribution in [0.4, 0.5) is 0 Å². The van der Waals surface area contributed by atoms with Gasteiger partial charge in [0, 0.05) is 5.75 Å². The zero-order valence-corrected chi connectivity index (χ0v) is 10.6. The largest absolute Gasteiger partial charge is 0.460 e. The normalized spacial score (nSPS) is 12.2. The number of carbonyl (C=O) groups is 1. The fourth-order valence-electron chi connectivity index (χ4n) is 0.934. The zero-order valence-electron chi connectivity index (χ0n) is 8.19. The molecule has 0 aliphatic carbocycles. The van der Waals surface area contributed by atoms with Crippen LogP contribution in [0.2, 0.25) is 10.3 Å². The molecule has 1 heterocycles. The van der Waals surface area contributed by atoms with Crippen molar-refractivity contribution < 1.29 is 9.53 Å². The van der Waals surface area contributed by atoms with Crippen LogP contribution < -0.4 is 5.73 Å². The molecule has 16 heavy (non-hydrogen) atoms. The van der Waals surface area contributed by atoms with Gasteiger partial charge in [0.15, 0.2) is 0 Å². The summed E-state index contributed by atoms with van der Waals surface area (Å²) in [5.41, 5.74) is 6.08. The van der Waals surface area contributed by atoms with Gasteiger partial charge < -0.3 is 10.5 Å². The smallest absolute Gasteiger partial charge is 0.324 e. The number of hydrogen-bond donors (Lipinski definition) is 2. The zero-order chi connectivity index (χ0) is 12.1. The molecule has 0 bridgehead atoms. The number of esters is 1. The third-order valence-electron chi connectivity index (χ3n) is 1.70. The molecule has 1 aromatic rings. The monoisotopic (exact) mass is 280 g/mol. The maximum atomic E-state index is 11.2. The van der Waals surface area contributed by atoms with Gasteiger partial charge in [-0.15, -0.1) is 0 Å². The number of rotatable bonds is 4. The molecule has 1 rings (SSSR count). The van der Waals surface area contributed by atoms with Crippen LogP contribution in [-0.4, -0.2) is 22.7 Å². The number of halogens is 2. The Balaban J connectivity index is 2.58. The predicted octanol–water partition coefficient (Wildman–Crippen LogP) is 1.69. The summed E-state index contributed by atoms with van der Waals surface area (Å²) < 4.78 is 4.93. The standard InChI is InChI=1S/C9H10Cl2N2O2S/c10-7-1-5(2-8(11)13-7)3-15-9(14)6(12)4-16/h1-2,6,16H,3-4,12H2/t6-/m1/s1. The topological polar surface area (TPSA) is 65.2 Å². The highest BCUT2D eigenvalue weighted by molar-refractivity contribution is 7.80. The molecule has 1 atom stereocenters. The number of ether oxygens (including phenoxy) is 1. The second-order valence-corrected chi connectivity index (χ2v) is 4.16. The van der Waals surface area contributed by atoms with E-state index in [0.717, 1.165) is 0 Å². The molecule has 1 aromatic heterocycles. The first-order valence-electron chi connectivity index (χ1n) is 4.38. The number of hydrogen-bond acceptors (Lipinski definition) is 5. The molecule has 0 aromatic carbocycles. The molecular formula is C9H10Cl2N2O2S. The molecule has 0 amide bonds. The third-order valence-corrected chi connectivity index (χ3v) is 2.48.